The minimum Gasteiger partial charge on any atom is -0.508 e. The Hall–Kier alpha value is -5.84. The van der Waals surface area contributed by atoms with Gasteiger partial charge in [-0.2, -0.15) is 0 Å². The molecule has 3 fully saturated rings. The third-order valence-electron chi connectivity index (χ3n) is 14.4. The third kappa shape index (κ3) is 10.8. The van der Waals surface area contributed by atoms with Crippen LogP contribution in [0.25, 0.3) is 33.3 Å². The lowest BCUT2D eigenvalue weighted by Gasteiger charge is -2.37. The Labute approximate surface area is 405 Å². The number of hydrazine groups is 1. The maximum Gasteiger partial charge on any atom is 0.324 e. The molecular formula is C53H70N8O8. The molecule has 6 heterocycles. The number of carbonyl (C=O) groups is 5. The minimum absolute atomic E-state index is 0.000214. The number of phenols is 1. The number of methoxy groups -OCH3 is 1. The standard InChI is InChI=1S/C53H70N8O8/c1-8-60-45-14-13-35-26-40(45)41(48(60)42-28-54-17-15-37(42)31-68-7)27-53(4,5)32-69-52(67)43-12-11-20-61(56-43)51(66)44(24-34-22-38(35)25-39(62)23-34)55-49(64)47(33(2)3)57(6)50(65)36-16-21-59(29-36)46(63)30-58-18-9-10-19-58/h13-15,17,22-23,25-26,28,33,36,43-44,47,56,62H,8-12,16,18-21,24,27,29-32H2,1-7H3,(H,55,64)/t36-,43-,44-,47-/m0/s1. The summed E-state index contributed by atoms with van der Waals surface area (Å²) in [5, 5.41) is 16.8. The number of aryl methyl sites for hydroxylation is 1. The van der Waals surface area contributed by atoms with E-state index in [2.05, 4.69) is 58.1 Å². The van der Waals surface area contributed by atoms with E-state index in [0.717, 1.165) is 70.3 Å². The predicted octanol–water partition coefficient (Wildman–Crippen LogP) is 5.32. The van der Waals surface area contributed by atoms with Crippen LogP contribution in [0, 0.1) is 17.3 Å². The van der Waals surface area contributed by atoms with Gasteiger partial charge in [-0.05, 0) is 123 Å². The van der Waals surface area contributed by atoms with Crippen LogP contribution >= 0.6 is 0 Å². The van der Waals surface area contributed by atoms with Crippen molar-refractivity contribution < 1.29 is 38.6 Å². The summed E-state index contributed by atoms with van der Waals surface area (Å²) in [4.78, 5) is 80.7. The number of ether oxygens (including phenoxy) is 2. The number of aromatic nitrogens is 2. The van der Waals surface area contributed by atoms with Gasteiger partial charge in [0.2, 0.25) is 17.7 Å². The molecule has 16 nitrogen and oxygen atoms in total. The van der Waals surface area contributed by atoms with Gasteiger partial charge in [-0.1, -0.05) is 39.8 Å². The van der Waals surface area contributed by atoms with E-state index in [1.807, 2.05) is 38.2 Å². The van der Waals surface area contributed by atoms with Crippen LogP contribution in [-0.4, -0.2) is 142 Å². The smallest absolute Gasteiger partial charge is 0.324 e. The maximum atomic E-state index is 14.8. The van der Waals surface area contributed by atoms with E-state index in [1.54, 1.807) is 37.4 Å². The number of hydrogen-bond donors (Lipinski definition) is 3. The van der Waals surface area contributed by atoms with Crippen LogP contribution in [0.3, 0.4) is 0 Å². The van der Waals surface area contributed by atoms with Gasteiger partial charge < -0.3 is 34.3 Å². The SMILES string of the molecule is CCn1c(-c2cnccc2COC)c2c3cc(ccc31)-c1cc(O)cc(c1)C[C@H](NC(=O)[C@H](C(C)C)N(C)C(=O)[C@H]1CCN(C(=O)CN3CCCC3)C1)C(=O)N1CCC[C@H](N1)C(=O)OCC(C)(C)C2. The number of amides is 4. The number of pyridine rings is 1. The van der Waals surface area contributed by atoms with Gasteiger partial charge >= 0.3 is 5.97 Å². The number of nitrogens with one attached hydrogen (secondary N) is 2. The molecule has 0 radical (unpaired) electrons. The van der Waals surface area contributed by atoms with Crippen LogP contribution in [0.5, 0.6) is 5.75 Å². The number of phenolic OH excluding ortho intramolecular Hbond substituents is 1. The van der Waals surface area contributed by atoms with E-state index in [1.165, 1.54) is 9.91 Å². The molecule has 6 bridgehead atoms. The lowest BCUT2D eigenvalue weighted by atomic mass is 9.84. The number of rotatable bonds is 11. The zero-order chi connectivity index (χ0) is 49.1. The Morgan fingerprint density at radius 2 is 1.80 bits per heavy atom. The fourth-order valence-electron chi connectivity index (χ4n) is 11.0. The van der Waals surface area contributed by atoms with Crippen LogP contribution in [0.2, 0.25) is 0 Å². The van der Waals surface area contributed by atoms with Gasteiger partial charge in [-0.3, -0.25) is 38.9 Å². The highest BCUT2D eigenvalue weighted by molar-refractivity contribution is 5.96. The molecule has 370 valence electrons. The number of likely N-dealkylation sites (tertiary alicyclic amines) is 2. The number of aromatic hydroxyl groups is 1. The van der Waals surface area contributed by atoms with Crippen molar-refractivity contribution >= 4 is 40.5 Å². The minimum atomic E-state index is -1.15. The summed E-state index contributed by atoms with van der Waals surface area (Å²) in [6.07, 6.45) is 7.83. The second kappa shape index (κ2) is 21.0. The molecule has 2 aromatic heterocycles. The Morgan fingerprint density at radius 1 is 1.01 bits per heavy atom. The number of nitrogens with zero attached hydrogens (tertiary/aromatic N) is 6. The van der Waals surface area contributed by atoms with Crippen LogP contribution in [-0.2, 0) is 59.4 Å². The van der Waals surface area contributed by atoms with Crippen molar-refractivity contribution in [2.75, 3.05) is 60.0 Å². The average molecular weight is 947 g/mol. The highest BCUT2D eigenvalue weighted by Gasteiger charge is 2.41. The normalized spacial score (nSPS) is 21.6. The summed E-state index contributed by atoms with van der Waals surface area (Å²) in [5.41, 5.74) is 9.80. The molecule has 4 amide bonds. The van der Waals surface area contributed by atoms with E-state index < -0.39 is 47.2 Å². The fourth-order valence-corrected chi connectivity index (χ4v) is 11.0. The molecule has 8 rings (SSSR count). The van der Waals surface area contributed by atoms with Crippen molar-refractivity contribution in [2.45, 2.75) is 111 Å². The Balaban J connectivity index is 1.14. The molecule has 3 saturated heterocycles. The topological polar surface area (TPSA) is 179 Å². The van der Waals surface area contributed by atoms with Crippen LogP contribution in [0.15, 0.2) is 54.9 Å². The molecule has 0 aliphatic carbocycles. The molecule has 4 aromatic rings. The summed E-state index contributed by atoms with van der Waals surface area (Å²) >= 11 is 0. The highest BCUT2D eigenvalue weighted by atomic mass is 16.5. The first kappa shape index (κ1) is 49.6. The Morgan fingerprint density at radius 3 is 2.54 bits per heavy atom. The summed E-state index contributed by atoms with van der Waals surface area (Å²) < 4.78 is 14.0. The van der Waals surface area contributed by atoms with Crippen molar-refractivity contribution in [3.05, 3.63) is 71.5 Å². The lowest BCUT2D eigenvalue weighted by molar-refractivity contribution is -0.155. The first-order valence-corrected chi connectivity index (χ1v) is 24.8. The van der Waals surface area contributed by atoms with Crippen molar-refractivity contribution in [1.29, 1.82) is 0 Å². The molecule has 16 heteroatoms. The predicted molar refractivity (Wildman–Crippen MR) is 262 cm³/mol. The monoisotopic (exact) mass is 947 g/mol. The second-order valence-electron chi connectivity index (χ2n) is 20.6. The number of benzene rings is 2. The van der Waals surface area contributed by atoms with E-state index in [4.69, 9.17) is 9.47 Å². The summed E-state index contributed by atoms with van der Waals surface area (Å²) in [6.45, 7) is 14.4. The maximum absolute atomic E-state index is 14.8. The molecule has 4 aliphatic heterocycles. The number of carbonyl (C=O) groups excluding carboxylic acids is 5. The van der Waals surface area contributed by atoms with Crippen molar-refractivity contribution in [2.24, 2.45) is 17.3 Å². The Kier molecular flexibility index (Phi) is 15.1. The van der Waals surface area contributed by atoms with Crippen LogP contribution < -0.4 is 10.7 Å². The van der Waals surface area contributed by atoms with Crippen molar-refractivity contribution in [3.63, 3.8) is 0 Å². The molecule has 2 aromatic carbocycles. The van der Waals surface area contributed by atoms with Crippen molar-refractivity contribution in [3.8, 4) is 28.1 Å². The van der Waals surface area contributed by atoms with Crippen LogP contribution in [0.4, 0.5) is 0 Å². The molecule has 4 atom stereocenters. The zero-order valence-corrected chi connectivity index (χ0v) is 41.4. The molecule has 0 saturated carbocycles. The molecular weight excluding hydrogens is 877 g/mol. The van der Waals surface area contributed by atoms with Gasteiger partial charge in [0.25, 0.3) is 5.91 Å². The van der Waals surface area contributed by atoms with Gasteiger partial charge in [0, 0.05) is 81.0 Å². The lowest BCUT2D eigenvalue weighted by Crippen LogP contribution is -2.62. The quantitative estimate of drug-likeness (QED) is 0.166. The number of likely N-dealkylation sites (N-methyl/N-ethyl adjacent to an activating group) is 1. The van der Waals surface area contributed by atoms with Gasteiger partial charge in [-0.25, -0.2) is 5.43 Å². The number of cyclic esters (lactones) is 1. The third-order valence-corrected chi connectivity index (χ3v) is 14.4. The number of esters is 1. The van der Waals surface area contributed by atoms with Gasteiger partial charge in [0.15, 0.2) is 0 Å². The molecule has 69 heavy (non-hydrogen) atoms. The van der Waals surface area contributed by atoms with E-state index in [-0.39, 0.29) is 43.1 Å². The first-order chi connectivity index (χ1) is 33.0. The first-order valence-electron chi connectivity index (χ1n) is 24.8. The number of fused-ring (bicyclic) bond motifs is 6. The van der Waals surface area contributed by atoms with Gasteiger partial charge in [-0.15, -0.1) is 0 Å². The summed E-state index contributed by atoms with van der Waals surface area (Å²) in [7, 11) is 3.29. The van der Waals surface area contributed by atoms with Crippen molar-refractivity contribution in [1.82, 2.24) is 40.0 Å². The molecule has 0 spiro atoms. The molecule has 4 aliphatic rings. The summed E-state index contributed by atoms with van der Waals surface area (Å²) in [5.74, 6) is -2.45. The number of hydrogen-bond acceptors (Lipinski definition) is 11. The highest BCUT2D eigenvalue weighted by Crippen LogP contribution is 2.41. The Bertz CT molecular complexity index is 2570. The van der Waals surface area contributed by atoms with E-state index in [0.29, 0.717) is 64.0 Å². The van der Waals surface area contributed by atoms with Crippen LogP contribution in [0.1, 0.15) is 83.4 Å². The average Bonchev–Trinajstić information content (AvgIpc) is 4.10. The second-order valence-corrected chi connectivity index (χ2v) is 20.6. The van der Waals surface area contributed by atoms with Gasteiger partial charge in [0.05, 0.1) is 31.4 Å². The zero-order valence-electron chi connectivity index (χ0n) is 41.4. The van der Waals surface area contributed by atoms with E-state index >= 15 is 0 Å². The van der Waals surface area contributed by atoms with Gasteiger partial charge in [0.1, 0.15) is 23.9 Å². The van der Waals surface area contributed by atoms with E-state index in [9.17, 15) is 29.1 Å². The molecule has 0 unspecified atom stereocenters. The fraction of sp³-hybridized carbons (Fsp3) is 0.547. The molecule has 3 N–H and O–H groups in total. The summed E-state index contributed by atoms with van der Waals surface area (Å²) in [6, 6.07) is 10.6. The largest absolute Gasteiger partial charge is 0.508 e.